The first-order valence-electron chi connectivity index (χ1n) is 1.28. The van der Waals surface area contributed by atoms with Crippen LogP contribution in [0.3, 0.4) is 0 Å². The van der Waals surface area contributed by atoms with Gasteiger partial charge in [0.1, 0.15) is 0 Å². The molecule has 0 saturated carbocycles. The average molecular weight is 406 g/mol. The molecule has 74 valence electrons. The minimum atomic E-state index is -5.39. The Kier molecular flexibility index (Phi) is 77.2. The van der Waals surface area contributed by atoms with Crippen LogP contribution in [0.5, 0.6) is 0 Å². The monoisotopic (exact) mass is 402 g/mol. The molecule has 0 aliphatic rings. The third-order valence-corrected chi connectivity index (χ3v) is 0. The molecule has 0 rings (SSSR count). The summed E-state index contributed by atoms with van der Waals surface area (Å²) >= 11 is 0. The minimum Gasteiger partial charge on any atom is -0.854 e. The van der Waals surface area contributed by atoms with Gasteiger partial charge in [0.2, 0.25) is 0 Å². The Morgan fingerprint density at radius 2 is 0.786 bits per heavy atom. The molecule has 0 radical (unpaired) electrons. The predicted octanol–water partition coefficient (Wildman–Crippen LogP) is -7.19. The van der Waals surface area contributed by atoms with Crippen LogP contribution >= 0.6 is 16.4 Å². The molecule has 9 nitrogen and oxygen atoms in total. The van der Waals surface area contributed by atoms with E-state index in [4.69, 9.17) is 33.9 Å². The van der Waals surface area contributed by atoms with Crippen LogP contribution in [0.4, 0.5) is 0 Å². The Labute approximate surface area is 119 Å². The quantitative estimate of drug-likeness (QED) is 0.279. The third kappa shape index (κ3) is 508. The number of hydrogen-bond donors (Lipinski definition) is 0. The summed E-state index contributed by atoms with van der Waals surface area (Å²) in [4.78, 5) is 51.1. The first kappa shape index (κ1) is 44.2. The van der Waals surface area contributed by atoms with Crippen molar-refractivity contribution in [3.63, 3.8) is 0 Å². The summed E-state index contributed by atoms with van der Waals surface area (Å²) in [7, 11) is -8.76. The summed E-state index contributed by atoms with van der Waals surface area (Å²) in [6, 6.07) is 0. The molecule has 0 aromatic rings. The Bertz CT molecular complexity index is 89.2. The SMILES string of the molecule is O.O.O=P([O-])([O-])[O-].[O-]P([O-])[O-].[Zn+2].[Zn+2].[Zn+2]. The molecule has 14 heteroatoms. The molecule has 0 aliphatic carbocycles. The molecule has 0 aromatic heterocycles. The van der Waals surface area contributed by atoms with E-state index in [1.165, 1.54) is 0 Å². The predicted molar refractivity (Wildman–Crippen MR) is 21.8 cm³/mol. The molecule has 0 bridgehead atoms. The second kappa shape index (κ2) is 24.4. The molecule has 0 fully saturated rings. The van der Waals surface area contributed by atoms with E-state index in [1.807, 2.05) is 0 Å². The van der Waals surface area contributed by atoms with Crippen molar-refractivity contribution in [3.05, 3.63) is 0 Å². The maximum absolute atomic E-state index is 8.55. The normalized spacial score (nSPS) is 6.79. The molecule has 0 amide bonds. The van der Waals surface area contributed by atoms with Gasteiger partial charge in [0.05, 0.1) is 0 Å². The zero-order valence-corrected chi connectivity index (χ0v) is 17.6. The molecule has 0 unspecified atom stereocenters. The summed E-state index contributed by atoms with van der Waals surface area (Å²) in [5.41, 5.74) is 0. The van der Waals surface area contributed by atoms with Crippen molar-refractivity contribution < 1.29 is 103 Å². The number of hydrogen-bond acceptors (Lipinski definition) is 7. The van der Waals surface area contributed by atoms with Gasteiger partial charge in [-0.1, -0.05) is 0 Å². The van der Waals surface area contributed by atoms with E-state index in [0.717, 1.165) is 0 Å². The Hall–Kier alpha value is 2.21. The first-order chi connectivity index (χ1) is 3.73. The summed E-state index contributed by atoms with van der Waals surface area (Å²) < 4.78 is 8.55. The summed E-state index contributed by atoms with van der Waals surface area (Å²) in [5.74, 6) is 0. The van der Waals surface area contributed by atoms with Gasteiger partial charge < -0.3 is 53.5 Å². The van der Waals surface area contributed by atoms with E-state index in [-0.39, 0.29) is 69.4 Å². The van der Waals surface area contributed by atoms with E-state index in [2.05, 4.69) is 0 Å². The molecule has 0 aromatic carbocycles. The van der Waals surface area contributed by atoms with E-state index in [0.29, 0.717) is 0 Å². The maximum Gasteiger partial charge on any atom is 2.00 e. The van der Waals surface area contributed by atoms with Gasteiger partial charge >= 0.3 is 58.4 Å². The van der Waals surface area contributed by atoms with Crippen LogP contribution < -0.4 is 29.4 Å². The van der Waals surface area contributed by atoms with Gasteiger partial charge in [-0.2, -0.15) is 7.82 Å². The van der Waals surface area contributed by atoms with Crippen LogP contribution in [0, 0.1) is 0 Å². The topological polar surface area (TPSA) is 218 Å². The van der Waals surface area contributed by atoms with Crippen molar-refractivity contribution in [2.75, 3.05) is 0 Å². The largest absolute Gasteiger partial charge is 2.00 e. The zero-order valence-electron chi connectivity index (χ0n) is 6.87. The van der Waals surface area contributed by atoms with Gasteiger partial charge in [0, 0.05) is 0 Å². The Balaban J connectivity index is -0.0000000104. The van der Waals surface area contributed by atoms with Gasteiger partial charge in [-0.15, -0.1) is 0 Å². The average Bonchev–Trinajstić information content (AvgIpc) is 1.19. The van der Waals surface area contributed by atoms with Crippen molar-refractivity contribution in [2.24, 2.45) is 0 Å². The van der Waals surface area contributed by atoms with Crippen LogP contribution in [0.2, 0.25) is 0 Å². The third-order valence-electron chi connectivity index (χ3n) is 0. The Morgan fingerprint density at radius 3 is 0.786 bits per heavy atom. The van der Waals surface area contributed by atoms with Crippen molar-refractivity contribution in [3.8, 4) is 0 Å². The maximum atomic E-state index is 8.55. The molecule has 0 aliphatic heterocycles. The fraction of sp³-hybridized carbons (Fsp3) is 0. The summed E-state index contributed by atoms with van der Waals surface area (Å²) in [5, 5.41) is 0. The van der Waals surface area contributed by atoms with Crippen LogP contribution in [-0.2, 0) is 63.0 Å². The summed E-state index contributed by atoms with van der Waals surface area (Å²) in [6.45, 7) is 0. The minimum absolute atomic E-state index is 0. The number of rotatable bonds is 0. The number of phosphoric acid groups is 1. The van der Waals surface area contributed by atoms with E-state index in [9.17, 15) is 0 Å². The van der Waals surface area contributed by atoms with Gasteiger partial charge in [-0.25, -0.2) is 0 Å². The molecule has 0 saturated heterocycles. The fourth-order valence-corrected chi connectivity index (χ4v) is 0. The van der Waals surface area contributed by atoms with Crippen LogP contribution in [0.1, 0.15) is 0 Å². The standard InChI is InChI=1S/H3O4P.O3P.2H2O.3Zn/c1-5(2,3)4;1-4(2)3;;;;;/h(H3,1,2,3,4);;2*1H2;;;/q;-3;;;3*+2/p-3. The smallest absolute Gasteiger partial charge is 0.854 e. The zero-order chi connectivity index (χ0) is 8.08. The van der Waals surface area contributed by atoms with E-state index < -0.39 is 16.4 Å². The van der Waals surface area contributed by atoms with Gasteiger partial charge in [0.25, 0.3) is 0 Å². The van der Waals surface area contributed by atoms with Gasteiger partial charge in [-0.05, 0) is 0 Å². The van der Waals surface area contributed by atoms with E-state index >= 15 is 0 Å². The van der Waals surface area contributed by atoms with Gasteiger partial charge in [-0.3, -0.25) is 0 Å². The fourth-order valence-electron chi connectivity index (χ4n) is 0. The van der Waals surface area contributed by atoms with Gasteiger partial charge in [0.15, 0.2) is 0 Å². The van der Waals surface area contributed by atoms with Crippen molar-refractivity contribution in [2.45, 2.75) is 0 Å². The second-order valence-electron chi connectivity index (χ2n) is 0.671. The van der Waals surface area contributed by atoms with Crippen LogP contribution in [0.15, 0.2) is 0 Å². The second-order valence-corrected chi connectivity index (χ2v) is 2.01. The van der Waals surface area contributed by atoms with E-state index in [1.54, 1.807) is 0 Å². The molecular weight excluding hydrogens is 402 g/mol. The van der Waals surface area contributed by atoms with Crippen molar-refractivity contribution >= 4 is 16.4 Å². The molecular formula is H4O9P2Zn3. The van der Waals surface area contributed by atoms with Crippen LogP contribution in [0.25, 0.3) is 0 Å². The molecule has 14 heavy (non-hydrogen) atoms. The summed E-state index contributed by atoms with van der Waals surface area (Å²) in [6.07, 6.45) is 0. The molecule has 4 N–H and O–H groups in total. The Morgan fingerprint density at radius 1 is 0.786 bits per heavy atom. The first-order valence-corrected chi connectivity index (χ1v) is 3.83. The molecule has 0 atom stereocenters. The molecule has 0 spiro atoms. The molecule has 0 heterocycles. The van der Waals surface area contributed by atoms with Crippen molar-refractivity contribution in [1.82, 2.24) is 0 Å². The van der Waals surface area contributed by atoms with Crippen molar-refractivity contribution in [1.29, 1.82) is 0 Å². The van der Waals surface area contributed by atoms with Crippen LogP contribution in [-0.4, -0.2) is 11.0 Å².